The first-order chi connectivity index (χ1) is 10.1. The van der Waals surface area contributed by atoms with E-state index in [1.54, 1.807) is 0 Å². The van der Waals surface area contributed by atoms with Gasteiger partial charge in [0.2, 0.25) is 5.91 Å². The van der Waals surface area contributed by atoms with E-state index in [1.807, 2.05) is 14.1 Å². The summed E-state index contributed by atoms with van der Waals surface area (Å²) in [5.74, 6) is 0.973. The summed E-state index contributed by atoms with van der Waals surface area (Å²) in [4.78, 5) is 14.0. The zero-order valence-electron chi connectivity index (χ0n) is 13.4. The Kier molecular flexibility index (Phi) is 6.09. The molecule has 1 aromatic rings. The van der Waals surface area contributed by atoms with Gasteiger partial charge in [-0.15, -0.1) is 0 Å². The van der Waals surface area contributed by atoms with Gasteiger partial charge in [0.1, 0.15) is 0 Å². The molecule has 0 aromatic heterocycles. The van der Waals surface area contributed by atoms with Crippen molar-refractivity contribution in [3.05, 3.63) is 29.8 Å². The molecule has 1 N–H and O–H groups in total. The third-order valence-corrected chi connectivity index (χ3v) is 4.45. The molecule has 0 saturated heterocycles. The van der Waals surface area contributed by atoms with Crippen LogP contribution in [0.2, 0.25) is 0 Å². The number of rotatable bonds is 6. The second kappa shape index (κ2) is 8.06. The Labute approximate surface area is 128 Å². The van der Waals surface area contributed by atoms with E-state index in [4.69, 9.17) is 0 Å². The molecule has 21 heavy (non-hydrogen) atoms. The van der Waals surface area contributed by atoms with E-state index < -0.39 is 0 Å². The van der Waals surface area contributed by atoms with Gasteiger partial charge in [-0.1, -0.05) is 44.2 Å². The van der Waals surface area contributed by atoms with E-state index in [0.29, 0.717) is 13.0 Å². The van der Waals surface area contributed by atoms with Crippen molar-refractivity contribution in [1.29, 1.82) is 0 Å². The van der Waals surface area contributed by atoms with Crippen molar-refractivity contribution >= 4 is 11.6 Å². The van der Waals surface area contributed by atoms with Crippen molar-refractivity contribution < 1.29 is 4.79 Å². The molecule has 1 amide bonds. The van der Waals surface area contributed by atoms with Crippen molar-refractivity contribution in [2.24, 2.45) is 5.92 Å². The van der Waals surface area contributed by atoms with Crippen LogP contribution in [0.4, 0.5) is 5.69 Å². The van der Waals surface area contributed by atoms with Crippen molar-refractivity contribution in [2.45, 2.75) is 51.5 Å². The van der Waals surface area contributed by atoms with Crippen LogP contribution in [0.5, 0.6) is 0 Å². The molecular weight excluding hydrogens is 260 g/mol. The quantitative estimate of drug-likeness (QED) is 0.865. The number of nitrogens with zero attached hydrogens (tertiary/aromatic N) is 1. The molecule has 1 aliphatic rings. The fourth-order valence-corrected chi connectivity index (χ4v) is 3.01. The molecule has 1 saturated carbocycles. The largest absolute Gasteiger partial charge is 0.378 e. The van der Waals surface area contributed by atoms with Crippen LogP contribution in [0.3, 0.4) is 0 Å². The highest BCUT2D eigenvalue weighted by molar-refractivity contribution is 5.75. The lowest BCUT2D eigenvalue weighted by molar-refractivity contribution is -0.121. The van der Waals surface area contributed by atoms with Gasteiger partial charge in [-0.05, 0) is 30.0 Å². The van der Waals surface area contributed by atoms with Crippen molar-refractivity contribution in [3.8, 4) is 0 Å². The van der Waals surface area contributed by atoms with Crippen LogP contribution in [-0.4, -0.2) is 20.0 Å². The third-order valence-electron chi connectivity index (χ3n) is 4.45. The Bertz CT molecular complexity index is 433. The van der Waals surface area contributed by atoms with Crippen LogP contribution in [0, 0.1) is 5.92 Å². The standard InChI is InChI=1S/C18H28N2O/c1-20(2)17-11-8-16(9-12-17)14-19-18(21)13-10-15-6-4-3-5-7-15/h8-9,11-12,15H,3-7,10,13-14H2,1-2H3,(H,19,21). The molecule has 0 heterocycles. The number of amides is 1. The normalized spacial score (nSPS) is 15.7. The Morgan fingerprint density at radius 3 is 2.43 bits per heavy atom. The fraction of sp³-hybridized carbons (Fsp3) is 0.611. The maximum absolute atomic E-state index is 11.9. The van der Waals surface area contributed by atoms with E-state index in [2.05, 4.69) is 34.5 Å². The molecule has 0 aliphatic heterocycles. The lowest BCUT2D eigenvalue weighted by Gasteiger charge is -2.21. The molecule has 0 atom stereocenters. The maximum atomic E-state index is 11.9. The van der Waals surface area contributed by atoms with Gasteiger partial charge in [0.25, 0.3) is 0 Å². The first-order valence-corrected chi connectivity index (χ1v) is 8.18. The fourth-order valence-electron chi connectivity index (χ4n) is 3.01. The zero-order valence-corrected chi connectivity index (χ0v) is 13.4. The van der Waals surface area contributed by atoms with Crippen LogP contribution in [0.1, 0.15) is 50.5 Å². The van der Waals surface area contributed by atoms with Gasteiger partial charge in [-0.25, -0.2) is 0 Å². The molecule has 0 unspecified atom stereocenters. The van der Waals surface area contributed by atoms with Crippen LogP contribution in [0.15, 0.2) is 24.3 Å². The summed E-state index contributed by atoms with van der Waals surface area (Å²) in [6.45, 7) is 0.636. The third kappa shape index (κ3) is 5.41. The summed E-state index contributed by atoms with van der Waals surface area (Å²) in [6.07, 6.45) is 8.46. The summed E-state index contributed by atoms with van der Waals surface area (Å²) >= 11 is 0. The first-order valence-electron chi connectivity index (χ1n) is 8.18. The van der Waals surface area contributed by atoms with Crippen LogP contribution in [-0.2, 0) is 11.3 Å². The van der Waals surface area contributed by atoms with Crippen molar-refractivity contribution in [2.75, 3.05) is 19.0 Å². The lowest BCUT2D eigenvalue weighted by atomic mass is 9.86. The molecule has 0 bridgehead atoms. The summed E-state index contributed by atoms with van der Waals surface area (Å²) in [6, 6.07) is 8.33. The second-order valence-corrected chi connectivity index (χ2v) is 6.38. The summed E-state index contributed by atoms with van der Waals surface area (Å²) in [5.41, 5.74) is 2.34. The van der Waals surface area contributed by atoms with Gasteiger partial charge in [0.15, 0.2) is 0 Å². The van der Waals surface area contributed by atoms with E-state index in [1.165, 1.54) is 37.8 Å². The molecule has 1 aliphatic carbocycles. The highest BCUT2D eigenvalue weighted by atomic mass is 16.1. The average molecular weight is 288 g/mol. The van der Waals surface area contributed by atoms with E-state index >= 15 is 0 Å². The van der Waals surface area contributed by atoms with Crippen LogP contribution >= 0.6 is 0 Å². The number of carbonyl (C=O) groups is 1. The SMILES string of the molecule is CN(C)c1ccc(CNC(=O)CCC2CCCCC2)cc1. The predicted octanol–water partition coefficient (Wildman–Crippen LogP) is 3.73. The summed E-state index contributed by atoms with van der Waals surface area (Å²) in [5, 5.41) is 3.03. The Morgan fingerprint density at radius 1 is 1.14 bits per heavy atom. The van der Waals surface area contributed by atoms with Gasteiger partial charge in [0.05, 0.1) is 0 Å². The van der Waals surface area contributed by atoms with Crippen LogP contribution < -0.4 is 10.2 Å². The molecule has 0 spiro atoms. The van der Waals surface area contributed by atoms with Crippen molar-refractivity contribution in [1.82, 2.24) is 5.32 Å². The number of hydrogen-bond acceptors (Lipinski definition) is 2. The minimum absolute atomic E-state index is 0.192. The minimum Gasteiger partial charge on any atom is -0.378 e. The predicted molar refractivity (Wildman–Crippen MR) is 88.4 cm³/mol. The van der Waals surface area contributed by atoms with Crippen LogP contribution in [0.25, 0.3) is 0 Å². The number of benzene rings is 1. The molecule has 1 fully saturated rings. The van der Waals surface area contributed by atoms with Gasteiger partial charge in [0, 0.05) is 32.7 Å². The van der Waals surface area contributed by atoms with Gasteiger partial charge < -0.3 is 10.2 Å². The van der Waals surface area contributed by atoms with Gasteiger partial charge >= 0.3 is 0 Å². The highest BCUT2D eigenvalue weighted by Gasteiger charge is 2.14. The minimum atomic E-state index is 0.192. The first kappa shape index (κ1) is 15.9. The van der Waals surface area contributed by atoms with Crippen molar-refractivity contribution in [3.63, 3.8) is 0 Å². The zero-order chi connectivity index (χ0) is 15.1. The molecule has 2 rings (SSSR count). The maximum Gasteiger partial charge on any atom is 0.220 e. The topological polar surface area (TPSA) is 32.3 Å². The summed E-state index contributed by atoms with van der Waals surface area (Å²) in [7, 11) is 4.06. The monoisotopic (exact) mass is 288 g/mol. The molecule has 0 radical (unpaired) electrons. The Balaban J connectivity index is 1.68. The van der Waals surface area contributed by atoms with E-state index in [9.17, 15) is 4.79 Å². The molecule has 3 heteroatoms. The highest BCUT2D eigenvalue weighted by Crippen LogP contribution is 2.27. The Hall–Kier alpha value is -1.51. The number of hydrogen-bond donors (Lipinski definition) is 1. The number of nitrogens with one attached hydrogen (secondary N) is 1. The van der Waals surface area contributed by atoms with Gasteiger partial charge in [-0.3, -0.25) is 4.79 Å². The van der Waals surface area contributed by atoms with E-state index in [0.717, 1.165) is 17.9 Å². The van der Waals surface area contributed by atoms with Gasteiger partial charge in [-0.2, -0.15) is 0 Å². The Morgan fingerprint density at radius 2 is 1.81 bits per heavy atom. The second-order valence-electron chi connectivity index (χ2n) is 6.38. The molecule has 3 nitrogen and oxygen atoms in total. The van der Waals surface area contributed by atoms with E-state index in [-0.39, 0.29) is 5.91 Å². The molecule has 1 aromatic carbocycles. The molecular formula is C18H28N2O. The lowest BCUT2D eigenvalue weighted by Crippen LogP contribution is -2.23. The smallest absolute Gasteiger partial charge is 0.220 e. The summed E-state index contributed by atoms with van der Waals surface area (Å²) < 4.78 is 0. The number of anilines is 1. The molecule has 116 valence electrons. The number of carbonyl (C=O) groups excluding carboxylic acids is 1. The average Bonchev–Trinajstić information content (AvgIpc) is 2.52.